The molecule has 0 bridgehead atoms. The molecule has 1 atom stereocenters. The maximum absolute atomic E-state index is 12.7. The molecule has 2 aromatic rings. The molecule has 7 heteroatoms. The highest BCUT2D eigenvalue weighted by molar-refractivity contribution is 8.26. The van der Waals surface area contributed by atoms with Crippen molar-refractivity contribution in [3.8, 4) is 0 Å². The van der Waals surface area contributed by atoms with Crippen LogP contribution in [0, 0.1) is 0 Å². The Labute approximate surface area is 148 Å². The summed E-state index contributed by atoms with van der Waals surface area (Å²) in [4.78, 5) is 29.0. The quantitative estimate of drug-likeness (QED) is 0.635. The number of carboxylic acid groups (broad SMARTS) is 1. The molecule has 24 heavy (non-hydrogen) atoms. The van der Waals surface area contributed by atoms with Crippen molar-refractivity contribution in [2.24, 2.45) is 0 Å². The van der Waals surface area contributed by atoms with Crippen molar-refractivity contribution in [2.75, 3.05) is 0 Å². The zero-order valence-electron chi connectivity index (χ0n) is 12.5. The number of benzene rings is 1. The van der Waals surface area contributed by atoms with Crippen LogP contribution in [0.15, 0.2) is 53.6 Å². The second-order valence-electron chi connectivity index (χ2n) is 5.22. The zero-order chi connectivity index (χ0) is 17.1. The Morgan fingerprint density at radius 3 is 2.67 bits per heavy atom. The number of hydrogen-bond donors (Lipinski definition) is 2. The SMILES string of the molecule is O=C(O)C(Cc1ccccc1)N1C(=O)/C(=C/c2ccc[nH]2)SC1=S. The lowest BCUT2D eigenvalue weighted by atomic mass is 10.0. The van der Waals surface area contributed by atoms with Crippen LogP contribution < -0.4 is 0 Å². The van der Waals surface area contributed by atoms with Gasteiger partial charge >= 0.3 is 5.97 Å². The lowest BCUT2D eigenvalue weighted by Crippen LogP contribution is -2.45. The Balaban J connectivity index is 1.87. The number of thiocarbonyl (C=S) groups is 1. The largest absolute Gasteiger partial charge is 0.480 e. The average molecular weight is 358 g/mol. The highest BCUT2D eigenvalue weighted by Gasteiger charge is 2.40. The summed E-state index contributed by atoms with van der Waals surface area (Å²) >= 11 is 6.38. The highest BCUT2D eigenvalue weighted by Crippen LogP contribution is 2.34. The van der Waals surface area contributed by atoms with E-state index in [1.54, 1.807) is 12.3 Å². The maximum atomic E-state index is 12.7. The molecule has 0 aliphatic carbocycles. The Bertz CT molecular complexity index is 801. The van der Waals surface area contributed by atoms with E-state index in [1.807, 2.05) is 42.5 Å². The number of aromatic nitrogens is 1. The summed E-state index contributed by atoms with van der Waals surface area (Å²) in [5, 5.41) is 9.59. The number of carboxylic acids is 1. The average Bonchev–Trinajstić information content (AvgIpc) is 3.16. The van der Waals surface area contributed by atoms with E-state index in [4.69, 9.17) is 12.2 Å². The lowest BCUT2D eigenvalue weighted by Gasteiger charge is -2.23. The second-order valence-corrected chi connectivity index (χ2v) is 6.90. The molecule has 1 aromatic heterocycles. The Morgan fingerprint density at radius 2 is 2.04 bits per heavy atom. The van der Waals surface area contributed by atoms with Gasteiger partial charge < -0.3 is 10.1 Å². The predicted octanol–water partition coefficient (Wildman–Crippen LogP) is 2.91. The molecule has 5 nitrogen and oxygen atoms in total. The minimum atomic E-state index is -1.07. The van der Waals surface area contributed by atoms with Crippen molar-refractivity contribution in [3.63, 3.8) is 0 Å². The van der Waals surface area contributed by atoms with Crippen LogP contribution in [0.25, 0.3) is 6.08 Å². The number of carbonyl (C=O) groups excluding carboxylic acids is 1. The summed E-state index contributed by atoms with van der Waals surface area (Å²) in [6.45, 7) is 0. The van der Waals surface area contributed by atoms with Gasteiger partial charge in [0.25, 0.3) is 5.91 Å². The number of H-pyrrole nitrogens is 1. The van der Waals surface area contributed by atoms with Gasteiger partial charge in [0.1, 0.15) is 10.4 Å². The molecule has 2 N–H and O–H groups in total. The number of nitrogens with one attached hydrogen (secondary N) is 1. The van der Waals surface area contributed by atoms with Crippen LogP contribution in [-0.2, 0) is 16.0 Å². The van der Waals surface area contributed by atoms with E-state index in [0.717, 1.165) is 23.0 Å². The van der Waals surface area contributed by atoms with Gasteiger partial charge in [0.2, 0.25) is 0 Å². The van der Waals surface area contributed by atoms with Crippen LogP contribution in [0.2, 0.25) is 0 Å². The van der Waals surface area contributed by atoms with Crippen LogP contribution in [0.3, 0.4) is 0 Å². The minimum absolute atomic E-state index is 0.207. The van der Waals surface area contributed by atoms with Gasteiger partial charge in [-0.25, -0.2) is 4.79 Å². The number of hydrogen-bond acceptors (Lipinski definition) is 4. The van der Waals surface area contributed by atoms with Crippen LogP contribution in [0.4, 0.5) is 0 Å². The van der Waals surface area contributed by atoms with E-state index < -0.39 is 12.0 Å². The molecular formula is C17H14N2O3S2. The summed E-state index contributed by atoms with van der Waals surface area (Å²) in [6.07, 6.45) is 3.64. The van der Waals surface area contributed by atoms with E-state index in [9.17, 15) is 14.7 Å². The summed E-state index contributed by atoms with van der Waals surface area (Å²) in [7, 11) is 0. The first-order valence-electron chi connectivity index (χ1n) is 7.23. The Morgan fingerprint density at radius 1 is 1.29 bits per heavy atom. The summed E-state index contributed by atoms with van der Waals surface area (Å²) < 4.78 is 0.265. The fourth-order valence-electron chi connectivity index (χ4n) is 2.45. The van der Waals surface area contributed by atoms with Crippen LogP contribution in [0.5, 0.6) is 0 Å². The Kier molecular flexibility index (Phi) is 4.82. The number of amides is 1. The third-order valence-electron chi connectivity index (χ3n) is 3.60. The molecule has 1 amide bonds. The molecule has 1 aromatic carbocycles. The fourth-order valence-corrected chi connectivity index (χ4v) is 3.80. The monoisotopic (exact) mass is 358 g/mol. The standard InChI is InChI=1S/C17H14N2O3S2/c20-15-14(10-12-7-4-8-18-12)24-17(23)19(15)13(16(21)22)9-11-5-2-1-3-6-11/h1-8,10,13,18H,9H2,(H,21,22)/b14-10-. The molecule has 1 unspecified atom stereocenters. The van der Waals surface area contributed by atoms with E-state index in [1.165, 1.54) is 4.90 Å². The van der Waals surface area contributed by atoms with Gasteiger partial charge in [-0.1, -0.05) is 54.3 Å². The number of thioether (sulfide) groups is 1. The summed E-state index contributed by atoms with van der Waals surface area (Å²) in [5.41, 5.74) is 1.61. The van der Waals surface area contributed by atoms with Gasteiger partial charge in [-0.15, -0.1) is 0 Å². The van der Waals surface area contributed by atoms with Crippen molar-refractivity contribution in [1.82, 2.24) is 9.88 Å². The normalized spacial score (nSPS) is 17.5. The van der Waals surface area contributed by atoms with Gasteiger partial charge in [0.05, 0.1) is 4.91 Å². The topological polar surface area (TPSA) is 73.4 Å². The number of nitrogens with zero attached hydrogens (tertiary/aromatic N) is 1. The third-order valence-corrected chi connectivity index (χ3v) is 4.93. The van der Waals surface area contributed by atoms with E-state index in [-0.39, 0.29) is 16.6 Å². The zero-order valence-corrected chi connectivity index (χ0v) is 14.1. The number of carbonyl (C=O) groups is 2. The molecule has 1 aliphatic heterocycles. The van der Waals surface area contributed by atoms with Gasteiger partial charge in [0.15, 0.2) is 0 Å². The van der Waals surface area contributed by atoms with Crippen molar-refractivity contribution in [1.29, 1.82) is 0 Å². The van der Waals surface area contributed by atoms with Gasteiger partial charge in [0, 0.05) is 18.3 Å². The first-order chi connectivity index (χ1) is 11.6. The first kappa shape index (κ1) is 16.5. The third kappa shape index (κ3) is 3.42. The van der Waals surface area contributed by atoms with Crippen molar-refractivity contribution < 1.29 is 14.7 Å². The molecule has 1 fully saturated rings. The van der Waals surface area contributed by atoms with Crippen molar-refractivity contribution >= 4 is 46.3 Å². The van der Waals surface area contributed by atoms with Gasteiger partial charge in [-0.05, 0) is 23.8 Å². The minimum Gasteiger partial charge on any atom is -0.480 e. The first-order valence-corrected chi connectivity index (χ1v) is 8.46. The predicted molar refractivity (Wildman–Crippen MR) is 97.4 cm³/mol. The number of aliphatic carboxylic acids is 1. The number of rotatable bonds is 5. The second kappa shape index (κ2) is 7.02. The maximum Gasteiger partial charge on any atom is 0.327 e. The Hall–Kier alpha value is -2.38. The van der Waals surface area contributed by atoms with E-state index >= 15 is 0 Å². The van der Waals surface area contributed by atoms with E-state index in [2.05, 4.69) is 4.98 Å². The van der Waals surface area contributed by atoms with Crippen molar-refractivity contribution in [2.45, 2.75) is 12.5 Å². The molecule has 0 spiro atoms. The summed E-state index contributed by atoms with van der Waals surface area (Å²) in [5.74, 6) is -1.45. The smallest absolute Gasteiger partial charge is 0.327 e. The lowest BCUT2D eigenvalue weighted by molar-refractivity contribution is -0.145. The highest BCUT2D eigenvalue weighted by atomic mass is 32.2. The van der Waals surface area contributed by atoms with Crippen LogP contribution >= 0.6 is 24.0 Å². The molecule has 2 heterocycles. The molecule has 122 valence electrons. The molecule has 3 rings (SSSR count). The van der Waals surface area contributed by atoms with E-state index in [0.29, 0.717) is 4.91 Å². The number of aromatic amines is 1. The summed E-state index contributed by atoms with van der Waals surface area (Å²) in [6, 6.07) is 11.8. The molecular weight excluding hydrogens is 344 g/mol. The fraction of sp³-hybridized carbons (Fsp3) is 0.118. The van der Waals surface area contributed by atoms with Crippen LogP contribution in [-0.4, -0.2) is 37.2 Å². The molecule has 0 saturated carbocycles. The molecule has 0 radical (unpaired) electrons. The van der Waals surface area contributed by atoms with Crippen molar-refractivity contribution in [3.05, 3.63) is 64.8 Å². The van der Waals surface area contributed by atoms with Gasteiger partial charge in [-0.3, -0.25) is 9.69 Å². The molecule has 1 saturated heterocycles. The molecule has 1 aliphatic rings. The van der Waals surface area contributed by atoms with Crippen LogP contribution in [0.1, 0.15) is 11.3 Å². The van der Waals surface area contributed by atoms with Gasteiger partial charge in [-0.2, -0.15) is 0 Å².